The SMILES string of the molecule is Cc1cc(OCc2ccc(C(=O)NCCCn3cc(Br)cn3)o2)c(C(C)C)cc1Cl. The first-order chi connectivity index (χ1) is 14.3. The van der Waals surface area contributed by atoms with Crippen molar-refractivity contribution in [2.45, 2.75) is 46.3 Å². The van der Waals surface area contributed by atoms with Gasteiger partial charge >= 0.3 is 0 Å². The molecule has 6 nitrogen and oxygen atoms in total. The number of nitrogens with one attached hydrogen (secondary N) is 1. The molecule has 0 bridgehead atoms. The Morgan fingerprint density at radius 3 is 2.87 bits per heavy atom. The van der Waals surface area contributed by atoms with E-state index in [1.54, 1.807) is 18.3 Å². The molecule has 0 radical (unpaired) electrons. The molecule has 0 spiro atoms. The van der Waals surface area contributed by atoms with E-state index in [0.29, 0.717) is 12.3 Å². The lowest BCUT2D eigenvalue weighted by molar-refractivity contribution is 0.0920. The Morgan fingerprint density at radius 2 is 2.17 bits per heavy atom. The van der Waals surface area contributed by atoms with E-state index < -0.39 is 0 Å². The fourth-order valence-corrected chi connectivity index (χ4v) is 3.46. The number of hydrogen-bond donors (Lipinski definition) is 1. The van der Waals surface area contributed by atoms with Crippen molar-refractivity contribution in [2.24, 2.45) is 0 Å². The van der Waals surface area contributed by atoms with Crippen LogP contribution in [0.5, 0.6) is 5.75 Å². The molecule has 0 aliphatic carbocycles. The highest BCUT2D eigenvalue weighted by atomic mass is 79.9. The minimum atomic E-state index is -0.242. The second kappa shape index (κ2) is 10.2. The van der Waals surface area contributed by atoms with Gasteiger partial charge in [-0.25, -0.2) is 0 Å². The van der Waals surface area contributed by atoms with Gasteiger partial charge in [0.2, 0.25) is 0 Å². The molecule has 30 heavy (non-hydrogen) atoms. The molecule has 1 aromatic carbocycles. The Balaban J connectivity index is 1.51. The van der Waals surface area contributed by atoms with E-state index in [2.05, 4.69) is 40.2 Å². The lowest BCUT2D eigenvalue weighted by Gasteiger charge is -2.15. The molecular formula is C22H25BrClN3O3. The first-order valence-electron chi connectivity index (χ1n) is 9.81. The number of rotatable bonds is 9. The Kier molecular flexibility index (Phi) is 7.61. The molecule has 0 aliphatic rings. The van der Waals surface area contributed by atoms with Gasteiger partial charge in [-0.3, -0.25) is 9.48 Å². The summed E-state index contributed by atoms with van der Waals surface area (Å²) in [5, 5.41) is 7.77. The zero-order valence-corrected chi connectivity index (χ0v) is 19.6. The molecule has 2 aromatic heterocycles. The summed E-state index contributed by atoms with van der Waals surface area (Å²) in [6.07, 6.45) is 4.40. The number of furan rings is 1. The van der Waals surface area contributed by atoms with Crippen molar-refractivity contribution >= 4 is 33.4 Å². The monoisotopic (exact) mass is 493 g/mol. The number of aromatic nitrogens is 2. The smallest absolute Gasteiger partial charge is 0.286 e. The Morgan fingerprint density at radius 1 is 1.37 bits per heavy atom. The van der Waals surface area contributed by atoms with Gasteiger partial charge in [0.05, 0.1) is 10.7 Å². The minimum Gasteiger partial charge on any atom is -0.485 e. The predicted molar refractivity (Wildman–Crippen MR) is 120 cm³/mol. The van der Waals surface area contributed by atoms with Crippen LogP contribution in [0.25, 0.3) is 0 Å². The molecule has 160 valence electrons. The maximum atomic E-state index is 12.3. The van der Waals surface area contributed by atoms with Gasteiger partial charge in [-0.1, -0.05) is 25.4 Å². The lowest BCUT2D eigenvalue weighted by Crippen LogP contribution is -2.24. The van der Waals surface area contributed by atoms with Crippen LogP contribution in [-0.2, 0) is 13.2 Å². The number of carbonyl (C=O) groups excluding carboxylic acids is 1. The summed E-state index contributed by atoms with van der Waals surface area (Å²) in [6, 6.07) is 7.30. The number of halogens is 2. The largest absolute Gasteiger partial charge is 0.485 e. The maximum absolute atomic E-state index is 12.3. The first kappa shape index (κ1) is 22.4. The molecule has 3 aromatic rings. The summed E-state index contributed by atoms with van der Waals surface area (Å²) in [7, 11) is 0. The quantitative estimate of drug-likeness (QED) is 0.386. The lowest BCUT2D eigenvalue weighted by atomic mass is 10.0. The average molecular weight is 495 g/mol. The van der Waals surface area contributed by atoms with Crippen LogP contribution < -0.4 is 10.1 Å². The van der Waals surface area contributed by atoms with E-state index in [4.69, 9.17) is 20.8 Å². The molecule has 0 aliphatic heterocycles. The van der Waals surface area contributed by atoms with Gasteiger partial charge < -0.3 is 14.5 Å². The molecule has 1 N–H and O–H groups in total. The highest BCUT2D eigenvalue weighted by molar-refractivity contribution is 9.10. The van der Waals surface area contributed by atoms with Crippen molar-refractivity contribution in [3.63, 3.8) is 0 Å². The molecule has 0 saturated carbocycles. The van der Waals surface area contributed by atoms with Crippen LogP contribution in [0.1, 0.15) is 53.6 Å². The van der Waals surface area contributed by atoms with Gasteiger partial charge in [-0.2, -0.15) is 5.10 Å². The zero-order valence-electron chi connectivity index (χ0n) is 17.2. The van der Waals surface area contributed by atoms with E-state index in [1.807, 2.05) is 29.9 Å². The van der Waals surface area contributed by atoms with E-state index >= 15 is 0 Å². The number of aryl methyl sites for hydroxylation is 2. The van der Waals surface area contributed by atoms with E-state index in [1.165, 1.54) is 0 Å². The van der Waals surface area contributed by atoms with Gasteiger partial charge in [0, 0.05) is 24.3 Å². The van der Waals surface area contributed by atoms with Crippen LogP contribution in [0.4, 0.5) is 0 Å². The first-order valence-corrected chi connectivity index (χ1v) is 11.0. The highest BCUT2D eigenvalue weighted by Gasteiger charge is 2.14. The standard InChI is InChI=1S/C22H25BrClN3O3/c1-14(2)18-10-19(24)15(3)9-21(18)29-13-17-5-6-20(30-17)22(28)25-7-4-8-27-12-16(23)11-26-27/h5-6,9-12,14H,4,7-8,13H2,1-3H3,(H,25,28). The molecule has 0 unspecified atom stereocenters. The maximum Gasteiger partial charge on any atom is 0.286 e. The van der Waals surface area contributed by atoms with Gasteiger partial charge in [-0.05, 0) is 70.6 Å². The van der Waals surface area contributed by atoms with Crippen molar-refractivity contribution in [3.05, 3.63) is 68.8 Å². The number of nitrogens with zero attached hydrogens (tertiary/aromatic N) is 2. The van der Waals surface area contributed by atoms with Crippen molar-refractivity contribution in [1.82, 2.24) is 15.1 Å². The summed E-state index contributed by atoms with van der Waals surface area (Å²) in [5.74, 6) is 1.67. The average Bonchev–Trinajstić information content (AvgIpc) is 3.34. The Hall–Kier alpha value is -2.25. The van der Waals surface area contributed by atoms with Crippen LogP contribution >= 0.6 is 27.5 Å². The number of hydrogen-bond acceptors (Lipinski definition) is 4. The number of ether oxygens (including phenoxy) is 1. The van der Waals surface area contributed by atoms with Gasteiger partial charge in [0.1, 0.15) is 18.1 Å². The highest BCUT2D eigenvalue weighted by Crippen LogP contribution is 2.32. The second-order valence-corrected chi connectivity index (χ2v) is 8.70. The topological polar surface area (TPSA) is 69.3 Å². The van der Waals surface area contributed by atoms with Crippen LogP contribution in [0.15, 0.2) is 45.5 Å². The van der Waals surface area contributed by atoms with Crippen molar-refractivity contribution in [1.29, 1.82) is 0 Å². The molecule has 2 heterocycles. The van der Waals surface area contributed by atoms with Crippen LogP contribution in [-0.4, -0.2) is 22.2 Å². The Labute approximate surface area is 189 Å². The third kappa shape index (κ3) is 5.89. The minimum absolute atomic E-state index is 0.238. The molecule has 0 saturated heterocycles. The van der Waals surface area contributed by atoms with Gasteiger partial charge in [-0.15, -0.1) is 0 Å². The summed E-state index contributed by atoms with van der Waals surface area (Å²) in [6.45, 7) is 7.62. The van der Waals surface area contributed by atoms with Crippen molar-refractivity contribution < 1.29 is 13.9 Å². The van der Waals surface area contributed by atoms with Gasteiger partial charge in [0.15, 0.2) is 5.76 Å². The summed E-state index contributed by atoms with van der Waals surface area (Å²) in [5.41, 5.74) is 2.00. The molecule has 0 atom stereocenters. The van der Waals surface area contributed by atoms with E-state index in [-0.39, 0.29) is 24.2 Å². The number of benzene rings is 1. The summed E-state index contributed by atoms with van der Waals surface area (Å²) < 4.78 is 14.4. The normalized spacial score (nSPS) is 11.1. The van der Waals surface area contributed by atoms with Crippen LogP contribution in [0, 0.1) is 6.92 Å². The predicted octanol–water partition coefficient (Wildman–Crippen LogP) is 5.72. The Bertz CT molecular complexity index is 1010. The van der Waals surface area contributed by atoms with Crippen LogP contribution in [0.3, 0.4) is 0 Å². The second-order valence-electron chi connectivity index (χ2n) is 7.38. The van der Waals surface area contributed by atoms with E-state index in [9.17, 15) is 4.79 Å². The number of carbonyl (C=O) groups is 1. The third-order valence-electron chi connectivity index (χ3n) is 4.62. The fourth-order valence-electron chi connectivity index (χ4n) is 2.96. The van der Waals surface area contributed by atoms with Crippen molar-refractivity contribution in [2.75, 3.05) is 6.54 Å². The zero-order chi connectivity index (χ0) is 21.7. The van der Waals surface area contributed by atoms with Crippen molar-refractivity contribution in [3.8, 4) is 5.75 Å². The molecular weight excluding hydrogens is 470 g/mol. The summed E-state index contributed by atoms with van der Waals surface area (Å²) >= 11 is 9.61. The summed E-state index contributed by atoms with van der Waals surface area (Å²) in [4.78, 5) is 12.3. The number of amides is 1. The molecule has 1 amide bonds. The molecule has 0 fully saturated rings. The third-order valence-corrected chi connectivity index (χ3v) is 5.44. The molecule has 8 heteroatoms. The van der Waals surface area contributed by atoms with Crippen LogP contribution in [0.2, 0.25) is 5.02 Å². The fraction of sp³-hybridized carbons (Fsp3) is 0.364. The molecule has 3 rings (SSSR count). The van der Waals surface area contributed by atoms with Gasteiger partial charge in [0.25, 0.3) is 5.91 Å². The van der Waals surface area contributed by atoms with E-state index in [0.717, 1.165) is 39.3 Å².